The highest BCUT2D eigenvalue weighted by Gasteiger charge is 2.36. The molecule has 1 aromatic carbocycles. The molecule has 1 N–H and O–H groups in total. The third kappa shape index (κ3) is 4.11. The summed E-state index contributed by atoms with van der Waals surface area (Å²) < 4.78 is 8.22. The SMILES string of the molecule is CC(C)C.CC1(C)Cc2c3c(cc(-c4ccsc4)c2O1)-c1cc(=O)c(C(=O)O)cn1CC3. The fraction of sp³-hybridized carbons (Fsp3) is 0.385. The minimum absolute atomic E-state index is 0.184. The van der Waals surface area contributed by atoms with Gasteiger partial charge in [0.1, 0.15) is 16.9 Å². The van der Waals surface area contributed by atoms with Crippen LogP contribution in [0.4, 0.5) is 0 Å². The van der Waals surface area contributed by atoms with E-state index < -0.39 is 11.4 Å². The molecule has 3 aromatic rings. The van der Waals surface area contributed by atoms with Crippen LogP contribution in [0, 0.1) is 5.92 Å². The maximum atomic E-state index is 12.4. The third-order valence-corrected chi connectivity index (χ3v) is 6.23. The fourth-order valence-electron chi connectivity index (χ4n) is 4.33. The van der Waals surface area contributed by atoms with Crippen molar-refractivity contribution in [2.75, 3.05) is 0 Å². The number of pyridine rings is 1. The summed E-state index contributed by atoms with van der Waals surface area (Å²) >= 11 is 1.63. The number of nitrogens with zero attached hydrogens (tertiary/aromatic N) is 1. The number of aryl methyl sites for hydroxylation is 1. The Morgan fingerprint density at radius 3 is 2.53 bits per heavy atom. The molecule has 2 aliphatic heterocycles. The standard InChI is InChI=1S/C22H19NO4S.C4H10/c1-22(2)9-16-13-3-5-23-10-17(21(25)26)19(24)8-18(23)15(13)7-14(20(16)27-22)12-4-6-28-11-12;1-4(2)3/h4,6-8,10-11H,3,5,9H2,1-2H3,(H,25,26);4H,1-3H3. The molecule has 5 nitrogen and oxygen atoms in total. The third-order valence-electron chi connectivity index (χ3n) is 5.55. The molecule has 2 aliphatic rings. The lowest BCUT2D eigenvalue weighted by atomic mass is 9.86. The van der Waals surface area contributed by atoms with Crippen LogP contribution in [0.25, 0.3) is 22.4 Å². The second-order valence-corrected chi connectivity index (χ2v) is 10.5. The fourth-order valence-corrected chi connectivity index (χ4v) is 4.99. The first-order valence-corrected chi connectivity index (χ1v) is 11.9. The van der Waals surface area contributed by atoms with Crippen LogP contribution >= 0.6 is 11.3 Å². The summed E-state index contributed by atoms with van der Waals surface area (Å²) in [7, 11) is 0. The van der Waals surface area contributed by atoms with Crippen LogP contribution in [0.5, 0.6) is 5.75 Å². The minimum atomic E-state index is -1.19. The second-order valence-electron chi connectivity index (χ2n) is 9.73. The van der Waals surface area contributed by atoms with Crippen LogP contribution in [-0.4, -0.2) is 21.2 Å². The van der Waals surface area contributed by atoms with E-state index in [1.54, 1.807) is 11.3 Å². The van der Waals surface area contributed by atoms with Gasteiger partial charge in [-0.3, -0.25) is 4.79 Å². The first-order chi connectivity index (χ1) is 15.1. The predicted octanol–water partition coefficient (Wildman–Crippen LogP) is 5.87. The molecule has 6 heteroatoms. The molecule has 0 spiro atoms. The number of hydrogen-bond acceptors (Lipinski definition) is 4. The normalized spacial score (nSPS) is 15.2. The molecule has 0 saturated heterocycles. The summed E-state index contributed by atoms with van der Waals surface area (Å²) in [5.74, 6) is 0.592. The summed E-state index contributed by atoms with van der Waals surface area (Å²) in [6.45, 7) is 11.3. The molecule has 0 atom stereocenters. The van der Waals surface area contributed by atoms with E-state index in [2.05, 4.69) is 52.1 Å². The smallest absolute Gasteiger partial charge is 0.341 e. The summed E-state index contributed by atoms with van der Waals surface area (Å²) in [5, 5.41) is 13.4. The average Bonchev–Trinajstić information content (AvgIpc) is 3.33. The average molecular weight is 452 g/mol. The Morgan fingerprint density at radius 1 is 1.19 bits per heavy atom. The minimum Gasteiger partial charge on any atom is -0.487 e. The summed E-state index contributed by atoms with van der Waals surface area (Å²) in [6, 6.07) is 5.64. The van der Waals surface area contributed by atoms with Crippen molar-refractivity contribution in [3.8, 4) is 28.1 Å². The summed E-state index contributed by atoms with van der Waals surface area (Å²) in [6.07, 6.45) is 3.08. The van der Waals surface area contributed by atoms with Gasteiger partial charge in [0.05, 0.1) is 5.69 Å². The highest BCUT2D eigenvalue weighted by atomic mass is 32.1. The van der Waals surface area contributed by atoms with Gasteiger partial charge in [-0.15, -0.1) is 0 Å². The number of carbonyl (C=O) groups is 1. The van der Waals surface area contributed by atoms with Crippen LogP contribution in [-0.2, 0) is 19.4 Å². The maximum absolute atomic E-state index is 12.4. The summed E-state index contributed by atoms with van der Waals surface area (Å²) in [5.41, 5.74) is 5.42. The number of carboxylic acids is 1. The van der Waals surface area contributed by atoms with Gasteiger partial charge in [0.25, 0.3) is 0 Å². The van der Waals surface area contributed by atoms with Crippen LogP contribution < -0.4 is 10.2 Å². The van der Waals surface area contributed by atoms with E-state index >= 15 is 0 Å². The van der Waals surface area contributed by atoms with Crippen molar-refractivity contribution >= 4 is 17.3 Å². The number of fused-ring (bicyclic) bond motifs is 5. The van der Waals surface area contributed by atoms with E-state index in [0.717, 1.165) is 46.9 Å². The Kier molecular flexibility index (Phi) is 5.76. The number of hydrogen-bond donors (Lipinski definition) is 1. The van der Waals surface area contributed by atoms with Gasteiger partial charge in [-0.25, -0.2) is 4.79 Å². The molecule has 4 heterocycles. The van der Waals surface area contributed by atoms with Gasteiger partial charge in [0.15, 0.2) is 5.43 Å². The number of thiophene rings is 1. The zero-order valence-electron chi connectivity index (χ0n) is 19.2. The van der Waals surface area contributed by atoms with Gasteiger partial charge < -0.3 is 14.4 Å². The van der Waals surface area contributed by atoms with Crippen molar-refractivity contribution in [1.29, 1.82) is 0 Å². The molecule has 0 unspecified atom stereocenters. The van der Waals surface area contributed by atoms with Crippen molar-refractivity contribution in [3.63, 3.8) is 0 Å². The first kappa shape index (κ1) is 22.3. The predicted molar refractivity (Wildman–Crippen MR) is 129 cm³/mol. The molecular formula is C26H29NO4S. The van der Waals surface area contributed by atoms with E-state index in [-0.39, 0.29) is 11.2 Å². The quantitative estimate of drug-likeness (QED) is 0.529. The number of rotatable bonds is 2. The molecule has 32 heavy (non-hydrogen) atoms. The number of ether oxygens (including phenoxy) is 1. The molecule has 0 radical (unpaired) electrons. The topological polar surface area (TPSA) is 68.5 Å². The Morgan fingerprint density at radius 2 is 1.91 bits per heavy atom. The lowest BCUT2D eigenvalue weighted by Gasteiger charge is -2.25. The summed E-state index contributed by atoms with van der Waals surface area (Å²) in [4.78, 5) is 23.7. The van der Waals surface area contributed by atoms with Crippen molar-refractivity contribution in [2.24, 2.45) is 5.92 Å². The van der Waals surface area contributed by atoms with Gasteiger partial charge in [-0.1, -0.05) is 20.8 Å². The number of benzene rings is 1. The molecule has 0 aliphatic carbocycles. The number of aromatic carboxylic acids is 1. The van der Waals surface area contributed by atoms with Crippen LogP contribution in [0.2, 0.25) is 0 Å². The second kappa shape index (κ2) is 8.24. The van der Waals surface area contributed by atoms with Crippen molar-refractivity contribution in [3.05, 3.63) is 62.1 Å². The van der Waals surface area contributed by atoms with Gasteiger partial charge in [-0.2, -0.15) is 11.3 Å². The Labute approximate surface area is 192 Å². The lowest BCUT2D eigenvalue weighted by Crippen LogP contribution is -2.25. The van der Waals surface area contributed by atoms with Crippen LogP contribution in [0.1, 0.15) is 56.1 Å². The molecule has 5 rings (SSSR count). The molecule has 0 bridgehead atoms. The van der Waals surface area contributed by atoms with Crippen molar-refractivity contribution in [1.82, 2.24) is 4.57 Å². The Hall–Kier alpha value is -2.86. The largest absolute Gasteiger partial charge is 0.487 e. The van der Waals surface area contributed by atoms with Gasteiger partial charge in [0, 0.05) is 41.9 Å². The van der Waals surface area contributed by atoms with Gasteiger partial charge in [0.2, 0.25) is 0 Å². The monoisotopic (exact) mass is 451 g/mol. The molecule has 168 valence electrons. The van der Waals surface area contributed by atoms with Crippen molar-refractivity contribution < 1.29 is 14.6 Å². The van der Waals surface area contributed by atoms with Gasteiger partial charge >= 0.3 is 5.97 Å². The Bertz CT molecular complexity index is 1230. The zero-order valence-corrected chi connectivity index (χ0v) is 20.0. The lowest BCUT2D eigenvalue weighted by molar-refractivity contribution is 0.0694. The van der Waals surface area contributed by atoms with Gasteiger partial charge in [-0.05, 0) is 60.2 Å². The van der Waals surface area contributed by atoms with Crippen LogP contribution in [0.15, 0.2) is 40.0 Å². The maximum Gasteiger partial charge on any atom is 0.341 e. The molecule has 2 aromatic heterocycles. The van der Waals surface area contributed by atoms with E-state index in [0.29, 0.717) is 6.54 Å². The molecular weight excluding hydrogens is 422 g/mol. The highest BCUT2D eigenvalue weighted by Crippen LogP contribution is 2.48. The van der Waals surface area contributed by atoms with Crippen molar-refractivity contribution in [2.45, 2.75) is 59.6 Å². The molecule has 0 saturated carbocycles. The number of carboxylic acid groups (broad SMARTS) is 1. The highest BCUT2D eigenvalue weighted by molar-refractivity contribution is 7.08. The molecule has 0 fully saturated rings. The molecule has 0 amide bonds. The van der Waals surface area contributed by atoms with E-state index in [9.17, 15) is 14.7 Å². The van der Waals surface area contributed by atoms with E-state index in [4.69, 9.17) is 4.74 Å². The van der Waals surface area contributed by atoms with E-state index in [1.165, 1.54) is 23.4 Å². The zero-order chi connectivity index (χ0) is 23.2. The van der Waals surface area contributed by atoms with E-state index in [1.807, 2.05) is 9.95 Å². The van der Waals surface area contributed by atoms with Crippen LogP contribution in [0.3, 0.4) is 0 Å². The number of aromatic nitrogens is 1. The Balaban J connectivity index is 0.000000567. The first-order valence-electron chi connectivity index (χ1n) is 11.0.